The maximum absolute atomic E-state index is 5.87. The third kappa shape index (κ3) is 3.05. The number of rotatable bonds is 4. The Morgan fingerprint density at radius 2 is 1.79 bits per heavy atom. The van der Waals surface area contributed by atoms with Crippen molar-refractivity contribution in [3.63, 3.8) is 0 Å². The molecular formula is C18H18O. The summed E-state index contributed by atoms with van der Waals surface area (Å²) in [7, 11) is 0. The molecule has 0 N–H and O–H groups in total. The summed E-state index contributed by atoms with van der Waals surface area (Å²) in [5.41, 5.74) is 2.71. The molecule has 3 rings (SSSR count). The number of ether oxygens (including phenoxy) is 1. The van der Waals surface area contributed by atoms with E-state index in [9.17, 15) is 0 Å². The summed E-state index contributed by atoms with van der Waals surface area (Å²) in [6.45, 7) is 0. The Morgan fingerprint density at radius 1 is 1.00 bits per heavy atom. The third-order valence-corrected chi connectivity index (χ3v) is 3.47. The molecule has 1 nitrogen and oxygen atoms in total. The fourth-order valence-corrected chi connectivity index (χ4v) is 2.46. The summed E-state index contributed by atoms with van der Waals surface area (Å²) in [6.07, 6.45) is 7.81. The van der Waals surface area contributed by atoms with Gasteiger partial charge >= 0.3 is 0 Å². The van der Waals surface area contributed by atoms with Crippen molar-refractivity contribution < 1.29 is 4.74 Å². The van der Waals surface area contributed by atoms with E-state index in [1.165, 1.54) is 11.1 Å². The highest BCUT2D eigenvalue weighted by atomic mass is 16.5. The predicted molar refractivity (Wildman–Crippen MR) is 78.5 cm³/mol. The highest BCUT2D eigenvalue weighted by molar-refractivity contribution is 5.38. The lowest BCUT2D eigenvalue weighted by molar-refractivity contribution is 0.283. The van der Waals surface area contributed by atoms with Crippen LogP contribution in [0.15, 0.2) is 66.7 Å². The molecule has 0 fully saturated rings. The average molecular weight is 250 g/mol. The van der Waals surface area contributed by atoms with Gasteiger partial charge in [0.15, 0.2) is 0 Å². The van der Waals surface area contributed by atoms with Crippen molar-refractivity contribution in [3.8, 4) is 5.75 Å². The van der Waals surface area contributed by atoms with Crippen LogP contribution in [0.4, 0.5) is 0 Å². The quantitative estimate of drug-likeness (QED) is 0.740. The molecule has 2 aromatic rings. The number of para-hydroxylation sites is 1. The maximum Gasteiger partial charge on any atom is 0.123 e. The first-order chi connectivity index (χ1) is 9.42. The summed E-state index contributed by atoms with van der Waals surface area (Å²) in [5, 5.41) is 0. The van der Waals surface area contributed by atoms with Crippen LogP contribution in [0, 0.1) is 0 Å². The fraction of sp³-hybridized carbons (Fsp3) is 0.222. The van der Waals surface area contributed by atoms with Crippen molar-refractivity contribution in [1.29, 1.82) is 0 Å². The molecule has 2 aromatic carbocycles. The zero-order chi connectivity index (χ0) is 12.9. The van der Waals surface area contributed by atoms with Gasteiger partial charge in [-0.3, -0.25) is 0 Å². The Hall–Kier alpha value is -2.02. The standard InChI is InChI=1S/C18H18O/c1-2-8-15(9-3-1)10-4-6-12-17-14-16-11-5-7-13-18(16)19-17/h1-3,5-9,11-13,17H,4,10,14H2/b12-6-/t17-/m0/s1. The Labute approximate surface area is 114 Å². The van der Waals surface area contributed by atoms with Gasteiger partial charge in [0.1, 0.15) is 11.9 Å². The van der Waals surface area contributed by atoms with Gasteiger partial charge in [0, 0.05) is 6.42 Å². The lowest BCUT2D eigenvalue weighted by Crippen LogP contribution is -2.08. The lowest BCUT2D eigenvalue weighted by atomic mass is 10.1. The highest BCUT2D eigenvalue weighted by Crippen LogP contribution is 2.28. The van der Waals surface area contributed by atoms with Crippen molar-refractivity contribution >= 4 is 0 Å². The molecule has 1 aliphatic heterocycles. The zero-order valence-corrected chi connectivity index (χ0v) is 11.0. The molecule has 1 heteroatoms. The molecule has 0 bridgehead atoms. The van der Waals surface area contributed by atoms with E-state index in [-0.39, 0.29) is 6.10 Å². The van der Waals surface area contributed by atoms with Crippen LogP contribution in [0.1, 0.15) is 17.5 Å². The first-order valence-electron chi connectivity index (χ1n) is 6.87. The van der Waals surface area contributed by atoms with Gasteiger partial charge < -0.3 is 4.74 Å². The van der Waals surface area contributed by atoms with E-state index in [1.54, 1.807) is 0 Å². The van der Waals surface area contributed by atoms with E-state index in [0.29, 0.717) is 0 Å². The minimum absolute atomic E-state index is 0.216. The van der Waals surface area contributed by atoms with Gasteiger partial charge in [-0.05, 0) is 36.1 Å². The van der Waals surface area contributed by atoms with Crippen LogP contribution in [0.5, 0.6) is 5.75 Å². The van der Waals surface area contributed by atoms with E-state index in [0.717, 1.165) is 25.0 Å². The molecule has 1 atom stereocenters. The summed E-state index contributed by atoms with van der Waals surface area (Å²) in [6, 6.07) is 18.9. The van der Waals surface area contributed by atoms with Crippen LogP contribution in [0.2, 0.25) is 0 Å². The van der Waals surface area contributed by atoms with Gasteiger partial charge in [-0.15, -0.1) is 0 Å². The van der Waals surface area contributed by atoms with Crippen molar-refractivity contribution in [2.24, 2.45) is 0 Å². The predicted octanol–water partition coefficient (Wildman–Crippen LogP) is 4.18. The molecule has 0 spiro atoms. The smallest absolute Gasteiger partial charge is 0.123 e. The highest BCUT2D eigenvalue weighted by Gasteiger charge is 2.19. The van der Waals surface area contributed by atoms with Gasteiger partial charge in [0.05, 0.1) is 0 Å². The summed E-state index contributed by atoms with van der Waals surface area (Å²) in [4.78, 5) is 0. The Morgan fingerprint density at radius 3 is 2.63 bits per heavy atom. The van der Waals surface area contributed by atoms with Crippen molar-refractivity contribution in [2.75, 3.05) is 0 Å². The fourth-order valence-electron chi connectivity index (χ4n) is 2.46. The topological polar surface area (TPSA) is 9.23 Å². The maximum atomic E-state index is 5.87. The number of benzene rings is 2. The normalized spacial score (nSPS) is 17.4. The SMILES string of the molecule is C(=C/[C@H]1Cc2ccccc2O1)/CCc1ccccc1. The van der Waals surface area contributed by atoms with Gasteiger partial charge in [-0.2, -0.15) is 0 Å². The summed E-state index contributed by atoms with van der Waals surface area (Å²) >= 11 is 0. The van der Waals surface area contributed by atoms with Crippen LogP contribution >= 0.6 is 0 Å². The van der Waals surface area contributed by atoms with Crippen LogP contribution in [0.25, 0.3) is 0 Å². The number of aryl methyl sites for hydroxylation is 1. The second kappa shape index (κ2) is 5.75. The van der Waals surface area contributed by atoms with Gasteiger partial charge in [0.2, 0.25) is 0 Å². The van der Waals surface area contributed by atoms with E-state index < -0.39 is 0 Å². The largest absolute Gasteiger partial charge is 0.486 e. The van der Waals surface area contributed by atoms with E-state index >= 15 is 0 Å². The summed E-state index contributed by atoms with van der Waals surface area (Å²) < 4.78 is 5.87. The Bertz CT molecular complexity index is 532. The molecule has 0 saturated heterocycles. The monoisotopic (exact) mass is 250 g/mol. The van der Waals surface area contributed by atoms with Crippen molar-refractivity contribution in [1.82, 2.24) is 0 Å². The Kier molecular flexibility index (Phi) is 3.64. The molecule has 0 unspecified atom stereocenters. The molecular weight excluding hydrogens is 232 g/mol. The molecule has 0 aliphatic carbocycles. The Balaban J connectivity index is 1.50. The lowest BCUT2D eigenvalue weighted by Gasteiger charge is -2.04. The number of allylic oxidation sites excluding steroid dienone is 1. The van der Waals surface area contributed by atoms with Crippen LogP contribution < -0.4 is 4.74 Å². The number of hydrogen-bond acceptors (Lipinski definition) is 1. The molecule has 1 aliphatic rings. The first-order valence-corrected chi connectivity index (χ1v) is 6.87. The molecule has 0 radical (unpaired) electrons. The van der Waals surface area contributed by atoms with Crippen LogP contribution in [-0.4, -0.2) is 6.10 Å². The van der Waals surface area contributed by atoms with E-state index in [1.807, 2.05) is 12.1 Å². The van der Waals surface area contributed by atoms with E-state index in [4.69, 9.17) is 4.74 Å². The molecule has 1 heterocycles. The summed E-state index contributed by atoms with van der Waals surface area (Å²) in [5.74, 6) is 1.04. The van der Waals surface area contributed by atoms with Gasteiger partial charge in [-0.25, -0.2) is 0 Å². The third-order valence-electron chi connectivity index (χ3n) is 3.47. The molecule has 96 valence electrons. The average Bonchev–Trinajstić information content (AvgIpc) is 2.87. The molecule has 0 amide bonds. The second-order valence-electron chi connectivity index (χ2n) is 4.92. The van der Waals surface area contributed by atoms with Crippen molar-refractivity contribution in [3.05, 3.63) is 77.9 Å². The van der Waals surface area contributed by atoms with Gasteiger partial charge in [0.25, 0.3) is 0 Å². The second-order valence-corrected chi connectivity index (χ2v) is 4.92. The molecule has 0 saturated carbocycles. The number of fused-ring (bicyclic) bond motifs is 1. The molecule has 19 heavy (non-hydrogen) atoms. The molecule has 0 aromatic heterocycles. The van der Waals surface area contributed by atoms with Gasteiger partial charge in [-0.1, -0.05) is 54.6 Å². The van der Waals surface area contributed by atoms with Crippen LogP contribution in [0.3, 0.4) is 0 Å². The number of hydrogen-bond donors (Lipinski definition) is 0. The first kappa shape index (κ1) is 12.0. The van der Waals surface area contributed by atoms with E-state index in [2.05, 4.69) is 54.6 Å². The zero-order valence-electron chi connectivity index (χ0n) is 11.0. The van der Waals surface area contributed by atoms with Crippen LogP contribution in [-0.2, 0) is 12.8 Å². The minimum atomic E-state index is 0.216. The minimum Gasteiger partial charge on any atom is -0.486 e. The van der Waals surface area contributed by atoms with Crippen molar-refractivity contribution in [2.45, 2.75) is 25.4 Å².